The summed E-state index contributed by atoms with van der Waals surface area (Å²) in [7, 11) is -1.44. The molecule has 0 bridgehead atoms. The molecule has 27 heavy (non-hydrogen) atoms. The van der Waals surface area contributed by atoms with Crippen molar-refractivity contribution in [3.05, 3.63) is 23.4 Å². The molecule has 3 heterocycles. The first-order valence-electron chi connectivity index (χ1n) is 9.18. The van der Waals surface area contributed by atoms with Crippen LogP contribution in [0.2, 0.25) is 5.02 Å². The molecule has 0 aromatic carbocycles. The van der Waals surface area contributed by atoms with Crippen LogP contribution in [0, 0.1) is 0 Å². The number of nitrogens with one attached hydrogen (secondary N) is 2. The van der Waals surface area contributed by atoms with Gasteiger partial charge in [-0.15, -0.1) is 0 Å². The highest BCUT2D eigenvalue weighted by Gasteiger charge is 2.31. The first kappa shape index (κ1) is 20.2. The Morgan fingerprint density at radius 3 is 2.93 bits per heavy atom. The molecule has 2 saturated heterocycles. The van der Waals surface area contributed by atoms with Crippen LogP contribution in [-0.2, 0) is 10.0 Å². The van der Waals surface area contributed by atoms with Crippen LogP contribution < -0.4 is 15.5 Å². The lowest BCUT2D eigenvalue weighted by Gasteiger charge is -2.24. The Labute approximate surface area is 166 Å². The summed E-state index contributed by atoms with van der Waals surface area (Å²) in [6, 6.07) is 3.88. The summed E-state index contributed by atoms with van der Waals surface area (Å²) >= 11 is 6.24. The number of guanidine groups is 1. The van der Waals surface area contributed by atoms with E-state index in [2.05, 4.69) is 25.5 Å². The number of aromatic nitrogens is 1. The minimum absolute atomic E-state index is 0.0223. The number of aliphatic imine (C=N–C) groups is 1. The zero-order valence-corrected chi connectivity index (χ0v) is 17.3. The summed E-state index contributed by atoms with van der Waals surface area (Å²) in [6.07, 6.45) is 5.73. The molecule has 0 aliphatic carbocycles. The van der Waals surface area contributed by atoms with Crippen LogP contribution in [0.4, 0.5) is 5.82 Å². The second-order valence-corrected chi connectivity index (χ2v) is 9.35. The Hall–Kier alpha value is -1.58. The molecule has 0 amide bonds. The van der Waals surface area contributed by atoms with Gasteiger partial charge < -0.3 is 15.5 Å². The summed E-state index contributed by atoms with van der Waals surface area (Å²) in [5.41, 5.74) is 0. The molecule has 10 heteroatoms. The van der Waals surface area contributed by atoms with Crippen molar-refractivity contribution in [3.8, 4) is 0 Å². The molecule has 8 nitrogen and oxygen atoms in total. The molecular weight excluding hydrogens is 388 g/mol. The second-order valence-electron chi connectivity index (χ2n) is 7.01. The quantitative estimate of drug-likeness (QED) is 0.549. The zero-order valence-electron chi connectivity index (χ0n) is 15.7. The molecule has 3 rings (SSSR count). The van der Waals surface area contributed by atoms with Crippen LogP contribution in [-0.4, -0.2) is 75.2 Å². The highest BCUT2D eigenvalue weighted by Crippen LogP contribution is 2.25. The van der Waals surface area contributed by atoms with Gasteiger partial charge in [-0.3, -0.25) is 4.99 Å². The maximum absolute atomic E-state index is 11.9. The fraction of sp³-hybridized carbons (Fsp3) is 0.647. The highest BCUT2D eigenvalue weighted by atomic mass is 35.5. The normalized spacial score (nSPS) is 24.4. The van der Waals surface area contributed by atoms with E-state index in [-0.39, 0.29) is 12.1 Å². The maximum atomic E-state index is 11.9. The fourth-order valence-electron chi connectivity index (χ4n) is 3.73. The van der Waals surface area contributed by atoms with Crippen LogP contribution in [0.1, 0.15) is 19.3 Å². The van der Waals surface area contributed by atoms with E-state index in [1.54, 1.807) is 17.5 Å². The van der Waals surface area contributed by atoms with Crippen LogP contribution in [0.3, 0.4) is 0 Å². The van der Waals surface area contributed by atoms with Gasteiger partial charge in [0.25, 0.3) is 0 Å². The number of hydrogen-bond donors (Lipinski definition) is 2. The Bertz CT molecular complexity index is 787. The van der Waals surface area contributed by atoms with Crippen molar-refractivity contribution >= 4 is 33.4 Å². The number of nitrogens with zero attached hydrogens (tertiary/aromatic N) is 4. The van der Waals surface area contributed by atoms with Crippen molar-refractivity contribution in [3.63, 3.8) is 0 Å². The molecule has 2 N–H and O–H groups in total. The minimum Gasteiger partial charge on any atom is -0.355 e. The standard InChI is InChI=1S/C17H27ClN6O2S/c1-19-17(21-11-14-5-4-9-24(14)27(2,25)26)22-13-7-10-23(12-13)16-15(18)6-3-8-20-16/h3,6,8,13-14H,4-5,7,9-12H2,1-2H3,(H2,19,21,22)/t13?,14-/m1/s1. The van der Waals surface area contributed by atoms with E-state index in [1.165, 1.54) is 6.26 Å². The smallest absolute Gasteiger partial charge is 0.211 e. The fourth-order valence-corrected chi connectivity index (χ4v) is 5.16. The van der Waals surface area contributed by atoms with Gasteiger partial charge in [0, 0.05) is 51.5 Å². The number of sulfonamides is 1. The third kappa shape index (κ3) is 5.03. The highest BCUT2D eigenvalue weighted by molar-refractivity contribution is 7.88. The molecule has 0 spiro atoms. The predicted octanol–water partition coefficient (Wildman–Crippen LogP) is 0.903. The maximum Gasteiger partial charge on any atom is 0.211 e. The molecule has 1 unspecified atom stereocenters. The molecule has 1 aromatic heterocycles. The van der Waals surface area contributed by atoms with Crippen LogP contribution in [0.15, 0.2) is 23.3 Å². The van der Waals surface area contributed by atoms with Gasteiger partial charge in [-0.1, -0.05) is 11.6 Å². The van der Waals surface area contributed by atoms with E-state index < -0.39 is 10.0 Å². The average Bonchev–Trinajstić information content (AvgIpc) is 3.28. The van der Waals surface area contributed by atoms with Crippen molar-refractivity contribution in [2.75, 3.05) is 44.4 Å². The third-order valence-electron chi connectivity index (χ3n) is 5.05. The van der Waals surface area contributed by atoms with Gasteiger partial charge >= 0.3 is 0 Å². The van der Waals surface area contributed by atoms with Crippen LogP contribution in [0.25, 0.3) is 0 Å². The van der Waals surface area contributed by atoms with Crippen molar-refractivity contribution in [2.24, 2.45) is 4.99 Å². The Kier molecular flexibility index (Phi) is 6.44. The van der Waals surface area contributed by atoms with Gasteiger partial charge in [-0.2, -0.15) is 4.31 Å². The monoisotopic (exact) mass is 414 g/mol. The number of halogens is 1. The van der Waals surface area contributed by atoms with E-state index in [0.29, 0.717) is 24.1 Å². The van der Waals surface area contributed by atoms with E-state index in [1.807, 2.05) is 12.1 Å². The molecule has 2 aliphatic heterocycles. The number of rotatable bonds is 5. The van der Waals surface area contributed by atoms with E-state index >= 15 is 0 Å². The van der Waals surface area contributed by atoms with E-state index in [4.69, 9.17) is 11.6 Å². The summed E-state index contributed by atoms with van der Waals surface area (Å²) in [5, 5.41) is 7.35. The largest absolute Gasteiger partial charge is 0.355 e. The first-order chi connectivity index (χ1) is 12.9. The van der Waals surface area contributed by atoms with Crippen LogP contribution >= 0.6 is 11.6 Å². The molecule has 1 aromatic rings. The number of pyridine rings is 1. The average molecular weight is 415 g/mol. The Balaban J connectivity index is 1.52. The second kappa shape index (κ2) is 8.62. The lowest BCUT2D eigenvalue weighted by atomic mass is 10.2. The van der Waals surface area contributed by atoms with Crippen molar-refractivity contribution in [1.82, 2.24) is 19.9 Å². The molecule has 2 aliphatic rings. The lowest BCUT2D eigenvalue weighted by Crippen LogP contribution is -2.49. The van der Waals surface area contributed by atoms with Gasteiger partial charge in [-0.25, -0.2) is 13.4 Å². The predicted molar refractivity (Wildman–Crippen MR) is 109 cm³/mol. The summed E-state index contributed by atoms with van der Waals surface area (Å²) in [5.74, 6) is 1.50. The summed E-state index contributed by atoms with van der Waals surface area (Å²) in [6.45, 7) is 2.81. The van der Waals surface area contributed by atoms with Gasteiger partial charge in [0.2, 0.25) is 10.0 Å². The van der Waals surface area contributed by atoms with Gasteiger partial charge in [0.15, 0.2) is 5.96 Å². The molecule has 2 atom stereocenters. The van der Waals surface area contributed by atoms with Crippen molar-refractivity contribution in [1.29, 1.82) is 0 Å². The van der Waals surface area contributed by atoms with Crippen molar-refractivity contribution < 1.29 is 8.42 Å². The van der Waals surface area contributed by atoms with Gasteiger partial charge in [0.1, 0.15) is 5.82 Å². The first-order valence-corrected chi connectivity index (χ1v) is 11.4. The van der Waals surface area contributed by atoms with E-state index in [9.17, 15) is 8.42 Å². The minimum atomic E-state index is -3.16. The third-order valence-corrected chi connectivity index (χ3v) is 6.67. The molecule has 0 radical (unpaired) electrons. The molecule has 0 saturated carbocycles. The lowest BCUT2D eigenvalue weighted by molar-refractivity contribution is 0.387. The summed E-state index contributed by atoms with van der Waals surface area (Å²) in [4.78, 5) is 10.8. The SMILES string of the molecule is CN=C(NC[C@H]1CCCN1S(C)(=O)=O)NC1CCN(c2ncccc2Cl)C1. The number of hydrogen-bond acceptors (Lipinski definition) is 5. The van der Waals surface area contributed by atoms with Gasteiger partial charge in [0.05, 0.1) is 11.3 Å². The topological polar surface area (TPSA) is 89.9 Å². The van der Waals surface area contributed by atoms with Crippen molar-refractivity contribution in [2.45, 2.75) is 31.3 Å². The molecule has 150 valence electrons. The zero-order chi connectivity index (χ0) is 19.4. The summed E-state index contributed by atoms with van der Waals surface area (Å²) < 4.78 is 25.3. The molecular formula is C17H27ClN6O2S. The number of anilines is 1. The molecule has 2 fully saturated rings. The Morgan fingerprint density at radius 2 is 2.22 bits per heavy atom. The Morgan fingerprint density at radius 1 is 1.41 bits per heavy atom. The van der Waals surface area contributed by atoms with E-state index in [0.717, 1.165) is 38.2 Å². The van der Waals surface area contributed by atoms with Gasteiger partial charge in [-0.05, 0) is 31.4 Å². The van der Waals surface area contributed by atoms with Crippen LogP contribution in [0.5, 0.6) is 0 Å².